The second-order valence-electron chi connectivity index (χ2n) is 13.1. The molecule has 9 nitrogen and oxygen atoms in total. The molecule has 0 radical (unpaired) electrons. The van der Waals surface area contributed by atoms with Gasteiger partial charge in [-0.3, -0.25) is 0 Å². The number of halogens is 3. The van der Waals surface area contributed by atoms with Crippen LogP contribution in [-0.4, -0.2) is 57.8 Å². The average Bonchev–Trinajstić information content (AvgIpc) is 3.54. The average molecular weight is 695 g/mol. The largest absolute Gasteiger partial charge is 0.573 e. The minimum Gasteiger partial charge on any atom is -0.497 e. The number of nitrogens with zero attached hydrogens (tertiary/aromatic N) is 5. The van der Waals surface area contributed by atoms with Crippen LogP contribution in [0, 0.1) is 5.41 Å². The minimum atomic E-state index is -4.75. The van der Waals surface area contributed by atoms with Gasteiger partial charge in [0.25, 0.3) is 0 Å². The Bertz CT molecular complexity index is 1770. The van der Waals surface area contributed by atoms with Gasteiger partial charge in [0.1, 0.15) is 17.8 Å². The van der Waals surface area contributed by atoms with E-state index < -0.39 is 6.36 Å². The summed E-state index contributed by atoms with van der Waals surface area (Å²) in [6.07, 6.45) is -1.57. The Balaban J connectivity index is 1.21. The summed E-state index contributed by atoms with van der Waals surface area (Å²) in [5, 5.41) is 8.19. The lowest BCUT2D eigenvalue weighted by molar-refractivity contribution is -0.274. The Labute approximate surface area is 288 Å². The Morgan fingerprint density at radius 1 is 1.06 bits per heavy atom. The van der Waals surface area contributed by atoms with Crippen molar-refractivity contribution in [2.75, 3.05) is 24.3 Å². The van der Waals surface area contributed by atoms with Crippen molar-refractivity contribution in [2.45, 2.75) is 65.8 Å². The van der Waals surface area contributed by atoms with Gasteiger partial charge in [-0.1, -0.05) is 69.8 Å². The van der Waals surface area contributed by atoms with Gasteiger partial charge in [-0.25, -0.2) is 14.5 Å². The number of carbonyl (C=O) groups excluding carboxylic acids is 1. The van der Waals surface area contributed by atoms with Crippen LogP contribution in [-0.2, 0) is 6.42 Å². The highest BCUT2D eigenvalue weighted by Gasteiger charge is 2.31. The minimum absolute atomic E-state index is 0.175. The number of thioether (sulfide) groups is 1. The van der Waals surface area contributed by atoms with E-state index >= 15 is 0 Å². The Morgan fingerprint density at radius 3 is 2.41 bits per heavy atom. The fourth-order valence-electron chi connectivity index (χ4n) is 5.63. The van der Waals surface area contributed by atoms with Crippen LogP contribution in [0.3, 0.4) is 0 Å². The first-order valence-electron chi connectivity index (χ1n) is 16.0. The van der Waals surface area contributed by atoms with Crippen molar-refractivity contribution in [3.8, 4) is 28.6 Å². The molecule has 1 aliphatic rings. The van der Waals surface area contributed by atoms with Crippen LogP contribution in [0.2, 0.25) is 0 Å². The molecule has 49 heavy (non-hydrogen) atoms. The van der Waals surface area contributed by atoms with E-state index in [4.69, 9.17) is 4.74 Å². The van der Waals surface area contributed by atoms with E-state index in [1.165, 1.54) is 40.8 Å². The maximum atomic E-state index is 13.2. The summed E-state index contributed by atoms with van der Waals surface area (Å²) < 4.78 is 48.4. The van der Waals surface area contributed by atoms with Gasteiger partial charge in [0.15, 0.2) is 11.0 Å². The van der Waals surface area contributed by atoms with Crippen LogP contribution in [0.4, 0.5) is 23.7 Å². The predicted molar refractivity (Wildman–Crippen MR) is 188 cm³/mol. The molecule has 4 aromatic rings. The summed E-state index contributed by atoms with van der Waals surface area (Å²) in [6, 6.07) is 19.1. The number of hydrogen-bond donors (Lipinski definition) is 1. The molecule has 5 rings (SSSR count). The number of amidine groups is 1. The molecule has 1 N–H and O–H groups in total. The molecule has 2 amide bonds. The number of benzene rings is 3. The third-order valence-electron chi connectivity index (χ3n) is 8.17. The number of rotatable bonds is 10. The molecule has 1 saturated heterocycles. The van der Waals surface area contributed by atoms with E-state index in [1.807, 2.05) is 36.4 Å². The monoisotopic (exact) mass is 694 g/mol. The molecular formula is C36H41F3N6O3S. The molecular weight excluding hydrogens is 653 g/mol. The molecule has 0 spiro atoms. The highest BCUT2D eigenvalue weighted by atomic mass is 32.2. The number of ether oxygens (including phenoxy) is 2. The topological polar surface area (TPSA) is 93.9 Å². The standard InChI is InChI=1S/C36H41F3N6O3S/c1-23(2)30-16-15-29(47-6)19-31(30)45-24(3)17-18-49-34(45)42-33(46)40-21-35(4,5)20-25-7-9-26(10-8-25)32-41-22-44(43-32)27-11-13-28(14-12-27)48-36(37,38)39/h7-16,19,22-24H,17-18,20-21H2,1-6H3,(H,40,46). The lowest BCUT2D eigenvalue weighted by atomic mass is 9.85. The first kappa shape index (κ1) is 35.8. The quantitative estimate of drug-likeness (QED) is 0.178. The number of carbonyl (C=O) groups is 1. The number of aliphatic imine (C=N–C) groups is 1. The lowest BCUT2D eigenvalue weighted by Crippen LogP contribution is -2.43. The number of aromatic nitrogens is 3. The van der Waals surface area contributed by atoms with Crippen molar-refractivity contribution >= 4 is 28.6 Å². The Morgan fingerprint density at radius 2 is 1.76 bits per heavy atom. The highest BCUT2D eigenvalue weighted by molar-refractivity contribution is 8.14. The SMILES string of the molecule is COc1ccc(C(C)C)c(N2C(=NC(=O)NCC(C)(C)Cc3ccc(-c4ncn(-c5ccc(OC(F)(F)F)cc5)n4)cc3)SCCC2C)c1. The van der Waals surface area contributed by atoms with E-state index in [0.717, 1.165) is 34.7 Å². The summed E-state index contributed by atoms with van der Waals surface area (Å²) in [5.41, 5.74) is 4.35. The van der Waals surface area contributed by atoms with E-state index in [-0.39, 0.29) is 29.2 Å². The molecule has 1 atom stereocenters. The zero-order chi connectivity index (χ0) is 35.3. The summed E-state index contributed by atoms with van der Waals surface area (Å²) >= 11 is 1.59. The van der Waals surface area contributed by atoms with Crippen molar-refractivity contribution in [1.82, 2.24) is 20.1 Å². The molecule has 1 fully saturated rings. The Kier molecular flexibility index (Phi) is 10.9. The predicted octanol–water partition coefficient (Wildman–Crippen LogP) is 8.63. The van der Waals surface area contributed by atoms with Crippen LogP contribution >= 0.6 is 11.8 Å². The molecule has 1 unspecified atom stereocenters. The van der Waals surface area contributed by atoms with E-state index in [0.29, 0.717) is 29.6 Å². The summed E-state index contributed by atoms with van der Waals surface area (Å²) in [6.45, 7) is 11.1. The van der Waals surface area contributed by atoms with E-state index in [2.05, 4.69) is 70.7 Å². The van der Waals surface area contributed by atoms with Crippen molar-refractivity contribution in [3.63, 3.8) is 0 Å². The van der Waals surface area contributed by atoms with Gasteiger partial charge in [-0.2, -0.15) is 4.99 Å². The molecule has 1 aliphatic heterocycles. The number of hydrogen-bond acceptors (Lipinski definition) is 6. The molecule has 2 heterocycles. The number of amides is 2. The first-order chi connectivity index (χ1) is 23.2. The van der Waals surface area contributed by atoms with E-state index in [9.17, 15) is 18.0 Å². The molecule has 260 valence electrons. The van der Waals surface area contributed by atoms with E-state index in [1.54, 1.807) is 18.9 Å². The molecule has 13 heteroatoms. The molecule has 0 bridgehead atoms. The van der Waals surface area contributed by atoms with Crippen LogP contribution in [0.15, 0.2) is 78.0 Å². The zero-order valence-electron chi connectivity index (χ0n) is 28.4. The second kappa shape index (κ2) is 14.9. The summed E-state index contributed by atoms with van der Waals surface area (Å²) in [4.78, 5) is 24.3. The number of anilines is 1. The molecule has 0 aliphatic carbocycles. The second-order valence-corrected chi connectivity index (χ2v) is 14.1. The van der Waals surface area contributed by atoms with Gasteiger partial charge < -0.3 is 19.7 Å². The van der Waals surface area contributed by atoms with Crippen LogP contribution in [0.1, 0.15) is 58.1 Å². The number of alkyl halides is 3. The zero-order valence-corrected chi connectivity index (χ0v) is 29.2. The summed E-state index contributed by atoms with van der Waals surface area (Å²) in [5.74, 6) is 2.10. The molecule has 3 aromatic carbocycles. The smallest absolute Gasteiger partial charge is 0.497 e. The summed E-state index contributed by atoms with van der Waals surface area (Å²) in [7, 11) is 1.65. The Hall–Kier alpha value is -4.52. The van der Waals surface area contributed by atoms with Crippen molar-refractivity contribution < 1.29 is 27.4 Å². The van der Waals surface area contributed by atoms with Gasteiger partial charge in [0.2, 0.25) is 0 Å². The van der Waals surface area contributed by atoms with Gasteiger partial charge in [0, 0.05) is 30.0 Å². The first-order valence-corrected chi connectivity index (χ1v) is 17.0. The van der Waals surface area contributed by atoms with Gasteiger partial charge in [-0.15, -0.1) is 18.3 Å². The van der Waals surface area contributed by atoms with Crippen molar-refractivity contribution in [3.05, 3.63) is 84.2 Å². The fourth-order valence-corrected chi connectivity index (χ4v) is 6.84. The fraction of sp³-hybridized carbons (Fsp3) is 0.389. The van der Waals surface area contributed by atoms with Gasteiger partial charge in [-0.05, 0) is 72.6 Å². The maximum Gasteiger partial charge on any atom is 0.573 e. The lowest BCUT2D eigenvalue weighted by Gasteiger charge is -2.37. The highest BCUT2D eigenvalue weighted by Crippen LogP contribution is 2.37. The normalized spacial score (nSPS) is 16.2. The molecule has 0 saturated carbocycles. The number of urea groups is 1. The molecule has 1 aromatic heterocycles. The van der Waals surface area contributed by atoms with Crippen molar-refractivity contribution in [1.29, 1.82) is 0 Å². The van der Waals surface area contributed by atoms with Crippen LogP contribution in [0.5, 0.6) is 11.5 Å². The number of methoxy groups -OCH3 is 1. The van der Waals surface area contributed by atoms with Crippen LogP contribution in [0.25, 0.3) is 17.1 Å². The third-order valence-corrected chi connectivity index (χ3v) is 9.16. The van der Waals surface area contributed by atoms with Crippen LogP contribution < -0.4 is 19.7 Å². The van der Waals surface area contributed by atoms with Gasteiger partial charge in [0.05, 0.1) is 18.5 Å². The van der Waals surface area contributed by atoms with Gasteiger partial charge >= 0.3 is 12.4 Å². The van der Waals surface area contributed by atoms with Crippen molar-refractivity contribution in [2.24, 2.45) is 10.4 Å². The third kappa shape index (κ3) is 9.34. The maximum absolute atomic E-state index is 13.2. The number of nitrogens with one attached hydrogen (secondary N) is 1.